The molecule has 0 bridgehead atoms. The van der Waals surface area contributed by atoms with Gasteiger partial charge in [-0.2, -0.15) is 5.26 Å². The maximum absolute atomic E-state index is 13.4. The SMILES string of the molecule is CCOc1ccc(OCC)c(C2C(C#N)=C(N)N(c3ccc(Cl)c([N+](=O)[O-])c3)C3=C2C(=O)CCC3)c1. The van der Waals surface area contributed by atoms with Crippen LogP contribution in [0.4, 0.5) is 11.4 Å². The van der Waals surface area contributed by atoms with Crippen LogP contribution >= 0.6 is 11.6 Å². The predicted molar refractivity (Wildman–Crippen MR) is 135 cm³/mol. The second-order valence-corrected chi connectivity index (χ2v) is 8.68. The fourth-order valence-corrected chi connectivity index (χ4v) is 4.95. The number of hydrogen-bond acceptors (Lipinski definition) is 8. The van der Waals surface area contributed by atoms with E-state index in [0.717, 1.165) is 0 Å². The fraction of sp³-hybridized carbons (Fsp3) is 0.308. The second kappa shape index (κ2) is 10.3. The summed E-state index contributed by atoms with van der Waals surface area (Å²) in [7, 11) is 0. The number of rotatable bonds is 7. The molecule has 0 fully saturated rings. The topological polar surface area (TPSA) is 132 Å². The third kappa shape index (κ3) is 4.36. The first-order valence-corrected chi connectivity index (χ1v) is 12.0. The summed E-state index contributed by atoms with van der Waals surface area (Å²) in [5.74, 6) is 0.314. The molecule has 0 aromatic heterocycles. The van der Waals surface area contributed by atoms with E-state index in [2.05, 4.69) is 6.07 Å². The molecule has 2 N–H and O–H groups in total. The van der Waals surface area contributed by atoms with Gasteiger partial charge in [0.15, 0.2) is 5.78 Å². The standard InChI is InChI=1S/C26H25ClN4O5/c1-3-35-16-9-11-23(36-4-2)17(13-16)24-18(14-28)26(29)30(20-6-5-7-22(32)25(20)24)15-8-10-19(27)21(12-15)31(33)34/h8-13,24H,3-7,29H2,1-2H3. The molecule has 10 heteroatoms. The first kappa shape index (κ1) is 25.1. The van der Waals surface area contributed by atoms with Crippen LogP contribution in [0.15, 0.2) is 59.1 Å². The summed E-state index contributed by atoms with van der Waals surface area (Å²) in [5, 5.41) is 21.8. The Morgan fingerprint density at radius 3 is 2.61 bits per heavy atom. The molecule has 36 heavy (non-hydrogen) atoms. The summed E-state index contributed by atoms with van der Waals surface area (Å²) in [6, 6.07) is 11.8. The quantitative estimate of drug-likeness (QED) is 0.391. The van der Waals surface area contributed by atoms with Gasteiger partial charge in [0.1, 0.15) is 22.3 Å². The second-order valence-electron chi connectivity index (χ2n) is 8.27. The lowest BCUT2D eigenvalue weighted by atomic mass is 9.75. The van der Waals surface area contributed by atoms with Gasteiger partial charge in [0.05, 0.1) is 41.4 Å². The molecule has 1 unspecified atom stereocenters. The lowest BCUT2D eigenvalue weighted by molar-refractivity contribution is -0.384. The highest BCUT2D eigenvalue weighted by molar-refractivity contribution is 6.32. The van der Waals surface area contributed by atoms with Crippen molar-refractivity contribution in [3.05, 3.63) is 79.8 Å². The van der Waals surface area contributed by atoms with Crippen LogP contribution in [0.3, 0.4) is 0 Å². The predicted octanol–water partition coefficient (Wildman–Crippen LogP) is 5.35. The number of halogens is 1. The lowest BCUT2D eigenvalue weighted by Gasteiger charge is -2.39. The molecule has 0 saturated heterocycles. The minimum atomic E-state index is -0.765. The Morgan fingerprint density at radius 1 is 1.19 bits per heavy atom. The molecule has 1 aliphatic heterocycles. The van der Waals surface area contributed by atoms with E-state index in [4.69, 9.17) is 26.8 Å². The first-order chi connectivity index (χ1) is 17.3. The summed E-state index contributed by atoms with van der Waals surface area (Å²) in [4.78, 5) is 25.9. The van der Waals surface area contributed by atoms with E-state index in [-0.39, 0.29) is 27.9 Å². The third-order valence-corrected chi connectivity index (χ3v) is 6.52. The van der Waals surface area contributed by atoms with Crippen LogP contribution in [0.5, 0.6) is 11.5 Å². The number of ether oxygens (including phenoxy) is 2. The van der Waals surface area contributed by atoms with E-state index in [1.54, 1.807) is 29.2 Å². The molecule has 0 amide bonds. The number of carbonyl (C=O) groups excluding carboxylic acids is 1. The van der Waals surface area contributed by atoms with E-state index < -0.39 is 10.8 Å². The normalized spacial score (nSPS) is 17.6. The molecule has 2 aromatic rings. The van der Waals surface area contributed by atoms with Gasteiger partial charge in [-0.05, 0) is 57.0 Å². The Hall–Kier alpha value is -4.03. The monoisotopic (exact) mass is 508 g/mol. The molecular formula is C26H25ClN4O5. The van der Waals surface area contributed by atoms with Crippen LogP contribution in [-0.4, -0.2) is 23.9 Å². The van der Waals surface area contributed by atoms with E-state index >= 15 is 0 Å². The third-order valence-electron chi connectivity index (χ3n) is 6.20. The van der Waals surface area contributed by atoms with E-state index in [1.807, 2.05) is 13.8 Å². The average Bonchev–Trinajstić information content (AvgIpc) is 2.85. The van der Waals surface area contributed by atoms with Gasteiger partial charge in [-0.1, -0.05) is 11.6 Å². The number of allylic oxidation sites excluding steroid dienone is 3. The molecule has 0 radical (unpaired) electrons. The maximum Gasteiger partial charge on any atom is 0.289 e. The van der Waals surface area contributed by atoms with Crippen molar-refractivity contribution in [1.29, 1.82) is 5.26 Å². The van der Waals surface area contributed by atoms with Crippen molar-refractivity contribution in [1.82, 2.24) is 0 Å². The fourth-order valence-electron chi connectivity index (χ4n) is 4.77. The van der Waals surface area contributed by atoms with E-state index in [1.165, 1.54) is 12.1 Å². The Bertz CT molecular complexity index is 1340. The number of nitro benzene ring substituents is 1. The molecular weight excluding hydrogens is 484 g/mol. The highest BCUT2D eigenvalue weighted by Crippen LogP contribution is 2.49. The Morgan fingerprint density at radius 2 is 1.94 bits per heavy atom. The van der Waals surface area contributed by atoms with E-state index in [9.17, 15) is 20.2 Å². The van der Waals surface area contributed by atoms with Crippen molar-refractivity contribution in [3.63, 3.8) is 0 Å². The van der Waals surface area contributed by atoms with Crippen LogP contribution in [0.1, 0.15) is 44.6 Å². The number of hydrogen-bond donors (Lipinski definition) is 1. The summed E-state index contributed by atoms with van der Waals surface area (Å²) in [5.41, 5.74) is 8.44. The average molecular weight is 509 g/mol. The number of nitrogens with two attached hydrogens (primary N) is 1. The Labute approximate surface area is 213 Å². The van der Waals surface area contributed by atoms with Gasteiger partial charge in [0.25, 0.3) is 5.69 Å². The Balaban J connectivity index is 1.99. The number of Topliss-reactive ketones (excluding diaryl/α,β-unsaturated/α-hetero) is 1. The molecule has 1 atom stereocenters. The zero-order chi connectivity index (χ0) is 26.0. The van der Waals surface area contributed by atoms with Crippen LogP contribution in [0, 0.1) is 21.4 Å². The number of benzene rings is 2. The molecule has 1 heterocycles. The van der Waals surface area contributed by atoms with E-state index in [0.29, 0.717) is 66.5 Å². The van der Waals surface area contributed by atoms with Crippen molar-refractivity contribution >= 4 is 28.8 Å². The van der Waals surface area contributed by atoms with Gasteiger partial charge >= 0.3 is 0 Å². The van der Waals surface area contributed by atoms with Crippen LogP contribution in [0.25, 0.3) is 0 Å². The molecule has 1 aliphatic carbocycles. The number of nitro groups is 1. The van der Waals surface area contributed by atoms with Crippen molar-refractivity contribution in [2.75, 3.05) is 18.1 Å². The minimum absolute atomic E-state index is 0.0234. The largest absolute Gasteiger partial charge is 0.494 e. The zero-order valence-corrected chi connectivity index (χ0v) is 20.7. The van der Waals surface area contributed by atoms with Crippen molar-refractivity contribution in [2.24, 2.45) is 5.73 Å². The zero-order valence-electron chi connectivity index (χ0n) is 19.9. The van der Waals surface area contributed by atoms with Gasteiger partial charge in [0.2, 0.25) is 0 Å². The summed E-state index contributed by atoms with van der Waals surface area (Å²) < 4.78 is 11.6. The summed E-state index contributed by atoms with van der Waals surface area (Å²) in [6.45, 7) is 4.54. The van der Waals surface area contributed by atoms with Gasteiger partial charge in [0, 0.05) is 29.3 Å². The van der Waals surface area contributed by atoms with Gasteiger partial charge in [-0.25, -0.2) is 0 Å². The molecule has 9 nitrogen and oxygen atoms in total. The maximum atomic E-state index is 13.4. The van der Waals surface area contributed by atoms with Crippen LogP contribution < -0.4 is 20.1 Å². The van der Waals surface area contributed by atoms with Crippen molar-refractivity contribution in [3.8, 4) is 17.6 Å². The smallest absolute Gasteiger partial charge is 0.289 e. The van der Waals surface area contributed by atoms with Crippen LogP contribution in [0.2, 0.25) is 5.02 Å². The Kier molecular flexibility index (Phi) is 7.17. The molecule has 0 spiro atoms. The number of nitrogens with zero attached hydrogens (tertiary/aromatic N) is 3. The molecule has 4 rings (SSSR count). The summed E-state index contributed by atoms with van der Waals surface area (Å²) >= 11 is 6.03. The number of carbonyl (C=O) groups is 1. The highest BCUT2D eigenvalue weighted by atomic mass is 35.5. The van der Waals surface area contributed by atoms with Gasteiger partial charge in [-0.15, -0.1) is 0 Å². The number of nitriles is 1. The summed E-state index contributed by atoms with van der Waals surface area (Å²) in [6.07, 6.45) is 1.41. The van der Waals surface area contributed by atoms with Gasteiger partial charge in [-0.3, -0.25) is 19.8 Å². The molecule has 186 valence electrons. The minimum Gasteiger partial charge on any atom is -0.494 e. The van der Waals surface area contributed by atoms with Gasteiger partial charge < -0.3 is 15.2 Å². The number of ketones is 1. The highest BCUT2D eigenvalue weighted by Gasteiger charge is 2.42. The van der Waals surface area contributed by atoms with Crippen molar-refractivity contribution in [2.45, 2.75) is 39.0 Å². The molecule has 2 aliphatic rings. The number of anilines is 1. The first-order valence-electron chi connectivity index (χ1n) is 11.6. The molecule has 2 aromatic carbocycles. The molecule has 0 saturated carbocycles. The lowest BCUT2D eigenvalue weighted by Crippen LogP contribution is -2.38. The van der Waals surface area contributed by atoms with Crippen molar-refractivity contribution < 1.29 is 19.2 Å². The van der Waals surface area contributed by atoms with Crippen LogP contribution in [-0.2, 0) is 4.79 Å².